The standard InChI is InChI=1S/C33H53FN2O9/c1-6-11-12-13-18-29(37)43-22-36-30(38)25(34)20-35(33(36)41)28-19-26(45-32(40)24(16-9-4)17-10-5)27(44-28)21-42-31(39)23(14-7-2)15-8-3/h20,23-24,26-28H,6-19,21-22H2,1-5H3/t26-,27+,28+/m0/s1. The fourth-order valence-electron chi connectivity index (χ4n) is 5.64. The van der Waals surface area contributed by atoms with Crippen LogP contribution in [0.3, 0.4) is 0 Å². The van der Waals surface area contributed by atoms with Gasteiger partial charge in [-0.2, -0.15) is 4.39 Å². The lowest BCUT2D eigenvalue weighted by Gasteiger charge is -2.23. The fraction of sp³-hybridized carbons (Fsp3) is 0.788. The zero-order valence-electron chi connectivity index (χ0n) is 27.7. The molecule has 0 N–H and O–H groups in total. The Hall–Kier alpha value is -3.02. The van der Waals surface area contributed by atoms with E-state index in [1.54, 1.807) is 0 Å². The van der Waals surface area contributed by atoms with E-state index in [4.69, 9.17) is 18.9 Å². The van der Waals surface area contributed by atoms with Crippen molar-refractivity contribution in [2.45, 2.75) is 150 Å². The van der Waals surface area contributed by atoms with Crippen molar-refractivity contribution < 1.29 is 37.7 Å². The van der Waals surface area contributed by atoms with Gasteiger partial charge in [0, 0.05) is 12.8 Å². The van der Waals surface area contributed by atoms with Crippen LogP contribution < -0.4 is 11.2 Å². The van der Waals surface area contributed by atoms with Crippen molar-refractivity contribution in [2.75, 3.05) is 6.61 Å². The van der Waals surface area contributed by atoms with Gasteiger partial charge in [0.2, 0.25) is 5.82 Å². The van der Waals surface area contributed by atoms with Crippen molar-refractivity contribution in [3.63, 3.8) is 0 Å². The molecule has 0 radical (unpaired) electrons. The van der Waals surface area contributed by atoms with E-state index in [0.29, 0.717) is 36.7 Å². The smallest absolute Gasteiger partial charge is 0.336 e. The summed E-state index contributed by atoms with van der Waals surface area (Å²) in [4.78, 5) is 64.1. The highest BCUT2D eigenvalue weighted by Gasteiger charge is 2.41. The summed E-state index contributed by atoms with van der Waals surface area (Å²) in [7, 11) is 0. The Labute approximate surface area is 265 Å². The number of aromatic nitrogens is 2. The summed E-state index contributed by atoms with van der Waals surface area (Å²) in [5, 5.41) is 0. The normalized spacial score (nSPS) is 18.0. The first-order valence-electron chi connectivity index (χ1n) is 16.8. The van der Waals surface area contributed by atoms with Crippen molar-refractivity contribution in [1.29, 1.82) is 0 Å². The Morgan fingerprint density at radius 3 is 2.04 bits per heavy atom. The number of hydrogen-bond acceptors (Lipinski definition) is 9. The molecule has 0 aromatic carbocycles. The van der Waals surface area contributed by atoms with E-state index in [1.165, 1.54) is 0 Å². The van der Waals surface area contributed by atoms with Crippen molar-refractivity contribution >= 4 is 17.9 Å². The molecule has 0 unspecified atom stereocenters. The molecule has 0 aliphatic carbocycles. The van der Waals surface area contributed by atoms with Gasteiger partial charge in [-0.05, 0) is 32.1 Å². The van der Waals surface area contributed by atoms with Crippen molar-refractivity contribution in [3.05, 3.63) is 32.9 Å². The third-order valence-electron chi connectivity index (χ3n) is 8.11. The van der Waals surface area contributed by atoms with E-state index in [2.05, 4.69) is 0 Å². The summed E-state index contributed by atoms with van der Waals surface area (Å²) in [6, 6.07) is 0. The quantitative estimate of drug-likeness (QED) is 0.0930. The Bertz CT molecular complexity index is 1190. The van der Waals surface area contributed by atoms with E-state index in [9.17, 15) is 28.4 Å². The van der Waals surface area contributed by atoms with Gasteiger partial charge in [0.1, 0.15) is 25.0 Å². The molecule has 1 aromatic rings. The van der Waals surface area contributed by atoms with Crippen LogP contribution >= 0.6 is 0 Å². The van der Waals surface area contributed by atoms with Gasteiger partial charge in [-0.15, -0.1) is 0 Å². The monoisotopic (exact) mass is 640 g/mol. The SMILES string of the molecule is CCCCCCC(=O)OCn1c(=O)c(F)cn([C@H]2C[C@H](OC(=O)C(CCC)CCC)[C@@H](COC(=O)C(CCC)CCC)O2)c1=O. The topological polar surface area (TPSA) is 132 Å². The Morgan fingerprint density at radius 1 is 0.867 bits per heavy atom. The Morgan fingerprint density at radius 2 is 1.47 bits per heavy atom. The van der Waals surface area contributed by atoms with Gasteiger partial charge in [0.25, 0.3) is 5.56 Å². The molecule has 12 heteroatoms. The summed E-state index contributed by atoms with van der Waals surface area (Å²) in [5.74, 6) is -3.22. The minimum absolute atomic E-state index is 0.0406. The first kappa shape index (κ1) is 38.2. The van der Waals surface area contributed by atoms with Crippen molar-refractivity contribution in [1.82, 2.24) is 9.13 Å². The van der Waals surface area contributed by atoms with Gasteiger partial charge in [0.15, 0.2) is 6.73 Å². The third-order valence-corrected chi connectivity index (χ3v) is 8.11. The number of carbonyl (C=O) groups is 3. The number of unbranched alkanes of at least 4 members (excludes halogenated alkanes) is 3. The number of hydrogen-bond donors (Lipinski definition) is 0. The van der Waals surface area contributed by atoms with Crippen LogP contribution in [-0.4, -0.2) is 45.9 Å². The summed E-state index contributed by atoms with van der Waals surface area (Å²) < 4.78 is 38.9. The molecule has 0 spiro atoms. The maximum Gasteiger partial charge on any atom is 0.336 e. The largest absolute Gasteiger partial charge is 0.463 e. The molecule has 1 saturated heterocycles. The summed E-state index contributed by atoms with van der Waals surface area (Å²) in [6.45, 7) is 9.01. The highest BCUT2D eigenvalue weighted by atomic mass is 19.1. The molecule has 256 valence electrons. The van der Waals surface area contributed by atoms with E-state index in [0.717, 1.165) is 55.7 Å². The number of esters is 3. The second-order valence-electron chi connectivity index (χ2n) is 11.9. The minimum Gasteiger partial charge on any atom is -0.463 e. The van der Waals surface area contributed by atoms with Gasteiger partial charge in [-0.25, -0.2) is 9.36 Å². The molecule has 0 amide bonds. The molecule has 1 fully saturated rings. The highest BCUT2D eigenvalue weighted by molar-refractivity contribution is 5.73. The maximum absolute atomic E-state index is 14.8. The highest BCUT2D eigenvalue weighted by Crippen LogP contribution is 2.32. The molecule has 1 aliphatic heterocycles. The molecule has 1 aromatic heterocycles. The predicted octanol–water partition coefficient (Wildman–Crippen LogP) is 5.80. The summed E-state index contributed by atoms with van der Waals surface area (Å²) >= 11 is 0. The average Bonchev–Trinajstić information content (AvgIpc) is 3.41. The van der Waals surface area contributed by atoms with Crippen LogP contribution in [0, 0.1) is 17.7 Å². The number of nitrogens with zero attached hydrogens (tertiary/aromatic N) is 2. The lowest BCUT2D eigenvalue weighted by atomic mass is 9.98. The van der Waals surface area contributed by atoms with Gasteiger partial charge in [-0.3, -0.25) is 23.7 Å². The third kappa shape index (κ3) is 11.7. The lowest BCUT2D eigenvalue weighted by molar-refractivity contribution is -0.164. The average molecular weight is 641 g/mol. The summed E-state index contributed by atoms with van der Waals surface area (Å²) in [5.41, 5.74) is -2.19. The minimum atomic E-state index is -1.24. The molecule has 3 atom stereocenters. The Balaban J connectivity index is 2.29. The van der Waals surface area contributed by atoms with Crippen LogP contribution in [0.15, 0.2) is 15.8 Å². The van der Waals surface area contributed by atoms with Crippen molar-refractivity contribution in [3.8, 4) is 0 Å². The Kier molecular flexibility index (Phi) is 17.1. The van der Waals surface area contributed by atoms with Gasteiger partial charge >= 0.3 is 23.6 Å². The zero-order chi connectivity index (χ0) is 33.4. The molecular formula is C33H53FN2O9. The van der Waals surface area contributed by atoms with Crippen LogP contribution in [0.1, 0.15) is 131 Å². The molecule has 1 aliphatic rings. The first-order valence-corrected chi connectivity index (χ1v) is 16.8. The van der Waals surface area contributed by atoms with Crippen LogP contribution in [0.5, 0.6) is 0 Å². The molecule has 0 bridgehead atoms. The van der Waals surface area contributed by atoms with Crippen LogP contribution in [-0.2, 0) is 40.1 Å². The molecule has 11 nitrogen and oxygen atoms in total. The molecule has 45 heavy (non-hydrogen) atoms. The number of carbonyl (C=O) groups excluding carboxylic acids is 3. The van der Waals surface area contributed by atoms with Crippen LogP contribution in [0.2, 0.25) is 0 Å². The van der Waals surface area contributed by atoms with Crippen molar-refractivity contribution in [2.24, 2.45) is 11.8 Å². The molecular weight excluding hydrogens is 587 g/mol. The molecule has 0 saturated carbocycles. The van der Waals surface area contributed by atoms with Crippen LogP contribution in [0.25, 0.3) is 0 Å². The fourth-order valence-corrected chi connectivity index (χ4v) is 5.64. The predicted molar refractivity (Wildman–Crippen MR) is 166 cm³/mol. The zero-order valence-corrected chi connectivity index (χ0v) is 27.7. The van der Waals surface area contributed by atoms with E-state index >= 15 is 0 Å². The summed E-state index contributed by atoms with van der Waals surface area (Å²) in [6.07, 6.45) is 7.13. The van der Waals surface area contributed by atoms with E-state index in [1.807, 2.05) is 34.6 Å². The maximum atomic E-state index is 14.8. The molecule has 2 rings (SSSR count). The van der Waals surface area contributed by atoms with Gasteiger partial charge in [-0.1, -0.05) is 79.6 Å². The number of rotatable bonds is 21. The lowest BCUT2D eigenvalue weighted by Crippen LogP contribution is -2.43. The second-order valence-corrected chi connectivity index (χ2v) is 11.9. The second kappa shape index (κ2) is 20.2. The molecule has 2 heterocycles. The first-order chi connectivity index (χ1) is 21.6. The number of ether oxygens (including phenoxy) is 4. The van der Waals surface area contributed by atoms with Gasteiger partial charge < -0.3 is 18.9 Å². The van der Waals surface area contributed by atoms with Gasteiger partial charge in [0.05, 0.1) is 18.0 Å². The van der Waals surface area contributed by atoms with E-state index in [-0.39, 0.29) is 37.3 Å². The number of halogens is 1. The van der Waals surface area contributed by atoms with E-state index < -0.39 is 54.2 Å². The van der Waals surface area contributed by atoms with Crippen LogP contribution in [0.4, 0.5) is 4.39 Å².